The van der Waals surface area contributed by atoms with Crippen LogP contribution >= 0.6 is 11.3 Å². The maximum atomic E-state index is 12.3. The van der Waals surface area contributed by atoms with Gasteiger partial charge in [-0.05, 0) is 45.8 Å². The second-order valence-corrected chi connectivity index (χ2v) is 6.70. The van der Waals surface area contributed by atoms with E-state index < -0.39 is 0 Å². The van der Waals surface area contributed by atoms with E-state index in [0.29, 0.717) is 23.7 Å². The Kier molecular flexibility index (Phi) is 8.26. The van der Waals surface area contributed by atoms with E-state index in [1.165, 1.54) is 11.3 Å². The first-order chi connectivity index (χ1) is 10.9. The molecule has 5 nitrogen and oxygen atoms in total. The van der Waals surface area contributed by atoms with E-state index in [9.17, 15) is 9.59 Å². The molecule has 1 aromatic heterocycles. The number of carbonyl (C=O) groups excluding carboxylic acids is 2. The van der Waals surface area contributed by atoms with Crippen LogP contribution in [0.2, 0.25) is 0 Å². The number of anilines is 1. The first kappa shape index (κ1) is 19.6. The number of nitrogens with one attached hydrogen (secondary N) is 1. The quantitative estimate of drug-likeness (QED) is 0.698. The fourth-order valence-electron chi connectivity index (χ4n) is 2.26. The first-order valence-electron chi connectivity index (χ1n) is 8.23. The monoisotopic (exact) mass is 340 g/mol. The summed E-state index contributed by atoms with van der Waals surface area (Å²) in [6.07, 6.45) is 2.18. The highest BCUT2D eigenvalue weighted by atomic mass is 32.1. The molecule has 1 amide bonds. The second kappa shape index (κ2) is 9.67. The molecule has 6 heteroatoms. The highest BCUT2D eigenvalue weighted by Crippen LogP contribution is 2.33. The lowest BCUT2D eigenvalue weighted by Gasteiger charge is -2.19. The minimum atomic E-state index is -0.372. The number of unbranched alkanes of at least 4 members (excludes halogenated alkanes) is 1. The van der Waals surface area contributed by atoms with Crippen molar-refractivity contribution in [2.45, 2.75) is 47.5 Å². The van der Waals surface area contributed by atoms with E-state index in [-0.39, 0.29) is 11.9 Å². The van der Waals surface area contributed by atoms with Gasteiger partial charge in [0.2, 0.25) is 5.91 Å². The van der Waals surface area contributed by atoms with Gasteiger partial charge in [0.05, 0.1) is 18.7 Å². The zero-order valence-corrected chi connectivity index (χ0v) is 15.6. The van der Waals surface area contributed by atoms with Gasteiger partial charge < -0.3 is 10.1 Å². The fourth-order valence-corrected chi connectivity index (χ4v) is 3.33. The molecule has 1 aromatic rings. The summed E-state index contributed by atoms with van der Waals surface area (Å²) < 4.78 is 5.11. The Labute approximate surface area is 143 Å². The topological polar surface area (TPSA) is 58.6 Å². The van der Waals surface area contributed by atoms with Gasteiger partial charge in [-0.3, -0.25) is 9.69 Å². The van der Waals surface area contributed by atoms with Gasteiger partial charge in [-0.25, -0.2) is 4.79 Å². The Balaban J connectivity index is 2.81. The third-order valence-corrected chi connectivity index (χ3v) is 4.88. The van der Waals surface area contributed by atoms with Crippen molar-refractivity contribution in [3.63, 3.8) is 0 Å². The third kappa shape index (κ3) is 5.62. The van der Waals surface area contributed by atoms with Crippen LogP contribution in [0.5, 0.6) is 0 Å². The molecule has 1 rings (SSSR count). The van der Waals surface area contributed by atoms with Gasteiger partial charge in [0.25, 0.3) is 0 Å². The molecular weight excluding hydrogens is 312 g/mol. The van der Waals surface area contributed by atoms with Crippen LogP contribution in [-0.4, -0.2) is 43.0 Å². The largest absolute Gasteiger partial charge is 0.462 e. The van der Waals surface area contributed by atoms with Crippen LogP contribution in [0.25, 0.3) is 0 Å². The Morgan fingerprint density at radius 1 is 1.22 bits per heavy atom. The number of nitrogens with zero attached hydrogens (tertiary/aromatic N) is 1. The minimum absolute atomic E-state index is 0.0882. The Hall–Kier alpha value is -1.40. The van der Waals surface area contributed by atoms with Crippen LogP contribution in [0.3, 0.4) is 0 Å². The lowest BCUT2D eigenvalue weighted by Crippen LogP contribution is -2.34. The second-order valence-electron chi connectivity index (χ2n) is 5.48. The number of thiophene rings is 1. The fraction of sp³-hybridized carbons (Fsp3) is 0.647. The van der Waals surface area contributed by atoms with Gasteiger partial charge in [-0.15, -0.1) is 11.3 Å². The maximum absolute atomic E-state index is 12.3. The number of hydrogen-bond donors (Lipinski definition) is 1. The summed E-state index contributed by atoms with van der Waals surface area (Å²) in [6, 6.07) is 0. The maximum Gasteiger partial charge on any atom is 0.341 e. The summed E-state index contributed by atoms with van der Waals surface area (Å²) in [5, 5.41) is 3.48. The van der Waals surface area contributed by atoms with Gasteiger partial charge >= 0.3 is 5.97 Å². The Bertz CT molecular complexity index is 540. The zero-order chi connectivity index (χ0) is 17.4. The molecule has 0 fully saturated rings. The number of esters is 1. The molecule has 1 heterocycles. The summed E-state index contributed by atoms with van der Waals surface area (Å²) in [5.41, 5.74) is 1.36. The predicted octanol–water partition coefficient (Wildman–Crippen LogP) is 3.60. The summed E-state index contributed by atoms with van der Waals surface area (Å²) in [4.78, 5) is 27.5. The molecule has 0 aliphatic rings. The van der Waals surface area contributed by atoms with Gasteiger partial charge in [0.1, 0.15) is 5.00 Å². The molecular formula is C17H28N2O3S. The summed E-state index contributed by atoms with van der Waals surface area (Å²) in [6.45, 7) is 12.2. The Morgan fingerprint density at radius 3 is 2.48 bits per heavy atom. The number of hydrogen-bond acceptors (Lipinski definition) is 5. The third-order valence-electron chi connectivity index (χ3n) is 3.76. The normalized spacial score (nSPS) is 10.9. The van der Waals surface area contributed by atoms with Crippen LogP contribution in [0.15, 0.2) is 0 Å². The average molecular weight is 340 g/mol. The van der Waals surface area contributed by atoms with Crippen molar-refractivity contribution in [2.75, 3.05) is 31.6 Å². The van der Waals surface area contributed by atoms with Crippen LogP contribution in [0.1, 0.15) is 54.4 Å². The highest BCUT2D eigenvalue weighted by molar-refractivity contribution is 7.16. The number of rotatable bonds is 9. The number of aryl methyl sites for hydroxylation is 1. The standard InChI is InChI=1S/C17H28N2O3S/c1-6-9-10-19(7-2)11-14(20)18-16-15(17(21)22-8-3)12(4)13(5)23-16/h6-11H2,1-5H3,(H,18,20). The van der Waals surface area contributed by atoms with Gasteiger partial charge in [0, 0.05) is 4.88 Å². The Morgan fingerprint density at radius 2 is 1.91 bits per heavy atom. The van der Waals surface area contributed by atoms with Crippen molar-refractivity contribution in [1.82, 2.24) is 4.90 Å². The molecule has 0 bridgehead atoms. The molecule has 0 saturated heterocycles. The van der Waals surface area contributed by atoms with E-state index in [2.05, 4.69) is 17.1 Å². The number of ether oxygens (including phenoxy) is 1. The molecule has 0 radical (unpaired) electrons. The molecule has 0 spiro atoms. The van der Waals surface area contributed by atoms with Gasteiger partial charge in [0.15, 0.2) is 0 Å². The van der Waals surface area contributed by atoms with Gasteiger partial charge in [-0.2, -0.15) is 0 Å². The van der Waals surface area contributed by atoms with Crippen molar-refractivity contribution in [2.24, 2.45) is 0 Å². The van der Waals surface area contributed by atoms with Crippen molar-refractivity contribution in [3.05, 3.63) is 16.0 Å². The summed E-state index contributed by atoms with van der Waals surface area (Å²) in [7, 11) is 0. The van der Waals surface area contributed by atoms with Crippen molar-refractivity contribution >= 4 is 28.2 Å². The van der Waals surface area contributed by atoms with Gasteiger partial charge in [-0.1, -0.05) is 20.3 Å². The van der Waals surface area contributed by atoms with E-state index in [0.717, 1.165) is 36.4 Å². The lowest BCUT2D eigenvalue weighted by molar-refractivity contribution is -0.117. The highest BCUT2D eigenvalue weighted by Gasteiger charge is 2.22. The summed E-state index contributed by atoms with van der Waals surface area (Å²) >= 11 is 1.42. The molecule has 0 aliphatic carbocycles. The first-order valence-corrected chi connectivity index (χ1v) is 9.05. The van der Waals surface area contributed by atoms with E-state index >= 15 is 0 Å². The van der Waals surface area contributed by atoms with Crippen molar-refractivity contribution in [1.29, 1.82) is 0 Å². The van der Waals surface area contributed by atoms with Crippen molar-refractivity contribution in [3.8, 4) is 0 Å². The molecule has 0 saturated carbocycles. The van der Waals surface area contributed by atoms with Crippen LogP contribution in [0.4, 0.5) is 5.00 Å². The number of carbonyl (C=O) groups is 2. The molecule has 0 unspecified atom stereocenters. The van der Waals surface area contributed by atoms with E-state index in [1.54, 1.807) is 6.92 Å². The molecule has 0 atom stereocenters. The average Bonchev–Trinajstić information content (AvgIpc) is 2.78. The number of amides is 1. The molecule has 130 valence electrons. The van der Waals surface area contributed by atoms with Crippen LogP contribution in [-0.2, 0) is 9.53 Å². The lowest BCUT2D eigenvalue weighted by atomic mass is 10.1. The molecule has 1 N–H and O–H groups in total. The predicted molar refractivity (Wildman–Crippen MR) is 95.4 cm³/mol. The molecule has 0 aromatic carbocycles. The van der Waals surface area contributed by atoms with E-state index in [4.69, 9.17) is 4.74 Å². The number of likely N-dealkylation sites (N-methyl/N-ethyl adjacent to an activating group) is 1. The molecule has 23 heavy (non-hydrogen) atoms. The smallest absolute Gasteiger partial charge is 0.341 e. The minimum Gasteiger partial charge on any atom is -0.462 e. The van der Waals surface area contributed by atoms with Crippen LogP contribution in [0, 0.1) is 13.8 Å². The zero-order valence-electron chi connectivity index (χ0n) is 14.8. The van der Waals surface area contributed by atoms with Crippen molar-refractivity contribution < 1.29 is 14.3 Å². The SMILES string of the molecule is CCCCN(CC)CC(=O)Nc1sc(C)c(C)c1C(=O)OCC. The molecule has 0 aliphatic heterocycles. The van der Waals surface area contributed by atoms with E-state index in [1.807, 2.05) is 20.8 Å². The summed E-state index contributed by atoms with van der Waals surface area (Å²) in [5.74, 6) is -0.460. The van der Waals surface area contributed by atoms with Crippen LogP contribution < -0.4 is 5.32 Å².